The van der Waals surface area contributed by atoms with E-state index < -0.39 is 0 Å². The Labute approximate surface area is 177 Å². The van der Waals surface area contributed by atoms with Crippen LogP contribution in [0, 0.1) is 0 Å². The number of benzene rings is 2. The molecule has 1 saturated carbocycles. The zero-order chi connectivity index (χ0) is 20.9. The lowest BCUT2D eigenvalue weighted by molar-refractivity contribution is -0.117. The molecule has 4 rings (SSSR count). The van der Waals surface area contributed by atoms with Gasteiger partial charge in [0.25, 0.3) is 5.91 Å². The summed E-state index contributed by atoms with van der Waals surface area (Å²) in [6.07, 6.45) is 2.06. The smallest absolute Gasteiger partial charge is 0.253 e. The minimum atomic E-state index is -0.126. The van der Waals surface area contributed by atoms with Crippen molar-refractivity contribution in [3.8, 4) is 5.75 Å². The number of hydrogen-bond acceptors (Lipinski definition) is 5. The van der Waals surface area contributed by atoms with Gasteiger partial charge in [-0.25, -0.2) is 0 Å². The van der Waals surface area contributed by atoms with Crippen LogP contribution in [0.25, 0.3) is 0 Å². The van der Waals surface area contributed by atoms with Crippen LogP contribution in [0.3, 0.4) is 0 Å². The lowest BCUT2D eigenvalue weighted by atomic mass is 10.1. The normalized spacial score (nSPS) is 16.8. The summed E-state index contributed by atoms with van der Waals surface area (Å²) in [5.41, 5.74) is 2.16. The lowest BCUT2D eigenvalue weighted by Crippen LogP contribution is -2.48. The molecular weight excluding hydrogens is 380 g/mol. The first-order valence-electron chi connectivity index (χ1n) is 10.4. The zero-order valence-corrected chi connectivity index (χ0v) is 17.3. The number of methoxy groups -OCH3 is 1. The quantitative estimate of drug-likeness (QED) is 0.736. The Bertz CT molecular complexity index is 905. The van der Waals surface area contributed by atoms with Crippen molar-refractivity contribution in [2.45, 2.75) is 18.9 Å². The van der Waals surface area contributed by atoms with Gasteiger partial charge in [-0.3, -0.25) is 14.5 Å². The molecule has 0 atom stereocenters. The summed E-state index contributed by atoms with van der Waals surface area (Å²) >= 11 is 0. The molecule has 2 aromatic carbocycles. The molecule has 1 saturated heterocycles. The van der Waals surface area contributed by atoms with E-state index in [1.54, 1.807) is 19.2 Å². The Hall–Kier alpha value is -3.06. The first kappa shape index (κ1) is 20.2. The number of carbonyl (C=O) groups excluding carboxylic acids is 2. The van der Waals surface area contributed by atoms with Crippen LogP contribution in [0.5, 0.6) is 5.75 Å². The van der Waals surface area contributed by atoms with E-state index in [4.69, 9.17) is 4.74 Å². The minimum Gasteiger partial charge on any atom is -0.495 e. The Kier molecular flexibility index (Phi) is 6.18. The summed E-state index contributed by atoms with van der Waals surface area (Å²) in [5.74, 6) is 0.635. The van der Waals surface area contributed by atoms with Crippen molar-refractivity contribution in [3.05, 3.63) is 54.1 Å². The van der Waals surface area contributed by atoms with Gasteiger partial charge < -0.3 is 20.3 Å². The fraction of sp³-hybridized carbons (Fsp3) is 0.391. The molecule has 0 radical (unpaired) electrons. The van der Waals surface area contributed by atoms with Gasteiger partial charge in [0.05, 0.1) is 30.6 Å². The number of nitrogens with one attached hydrogen (secondary N) is 2. The van der Waals surface area contributed by atoms with Crippen molar-refractivity contribution in [1.29, 1.82) is 0 Å². The first-order chi connectivity index (χ1) is 14.6. The number of para-hydroxylation sites is 3. The first-order valence-corrected chi connectivity index (χ1v) is 10.4. The standard InChI is InChI=1S/C23H28N4O3/c1-30-21-9-5-4-8-20(21)27-14-12-26(13-15-27)16-22(28)25-19-7-3-2-6-18(19)23(29)24-17-10-11-17/h2-9,17H,10-16H2,1H3,(H,24,29)(H,25,28). The molecular formula is C23H28N4O3. The van der Waals surface area contributed by atoms with E-state index >= 15 is 0 Å². The number of rotatable bonds is 7. The molecule has 2 amide bonds. The summed E-state index contributed by atoms with van der Waals surface area (Å²) in [5, 5.41) is 5.90. The average molecular weight is 409 g/mol. The predicted molar refractivity (Wildman–Crippen MR) is 117 cm³/mol. The van der Waals surface area contributed by atoms with Crippen molar-refractivity contribution < 1.29 is 14.3 Å². The fourth-order valence-corrected chi connectivity index (χ4v) is 3.71. The van der Waals surface area contributed by atoms with E-state index in [-0.39, 0.29) is 17.9 Å². The Morgan fingerprint density at radius 2 is 1.70 bits per heavy atom. The van der Waals surface area contributed by atoms with E-state index in [9.17, 15) is 9.59 Å². The van der Waals surface area contributed by atoms with Crippen LogP contribution in [0.15, 0.2) is 48.5 Å². The number of hydrogen-bond donors (Lipinski definition) is 2. The number of nitrogens with zero attached hydrogens (tertiary/aromatic N) is 2. The minimum absolute atomic E-state index is 0.104. The van der Waals surface area contributed by atoms with Gasteiger partial charge in [0.15, 0.2) is 0 Å². The summed E-state index contributed by atoms with van der Waals surface area (Å²) in [6.45, 7) is 3.53. The summed E-state index contributed by atoms with van der Waals surface area (Å²) in [6, 6.07) is 15.4. The topological polar surface area (TPSA) is 73.9 Å². The summed E-state index contributed by atoms with van der Waals surface area (Å²) < 4.78 is 5.46. The molecule has 0 bridgehead atoms. The third kappa shape index (κ3) is 4.91. The number of anilines is 2. The highest BCUT2D eigenvalue weighted by Gasteiger charge is 2.25. The third-order valence-corrected chi connectivity index (χ3v) is 5.52. The molecule has 1 aliphatic carbocycles. The van der Waals surface area contributed by atoms with Crippen LogP contribution in [0.1, 0.15) is 23.2 Å². The molecule has 0 aromatic heterocycles. The second-order valence-corrected chi connectivity index (χ2v) is 7.78. The molecule has 2 aliphatic rings. The predicted octanol–water partition coefficient (Wildman–Crippen LogP) is 2.35. The maximum absolute atomic E-state index is 12.6. The van der Waals surface area contributed by atoms with E-state index in [2.05, 4.69) is 26.5 Å². The van der Waals surface area contributed by atoms with Crippen LogP contribution in [0.2, 0.25) is 0 Å². The van der Waals surface area contributed by atoms with Gasteiger partial charge in [-0.1, -0.05) is 24.3 Å². The average Bonchev–Trinajstić information content (AvgIpc) is 3.58. The van der Waals surface area contributed by atoms with Gasteiger partial charge in [0, 0.05) is 32.2 Å². The van der Waals surface area contributed by atoms with Gasteiger partial charge in [-0.2, -0.15) is 0 Å². The molecule has 0 spiro atoms. The van der Waals surface area contributed by atoms with Crippen LogP contribution in [-0.4, -0.2) is 62.6 Å². The van der Waals surface area contributed by atoms with Crippen molar-refractivity contribution in [2.75, 3.05) is 50.1 Å². The van der Waals surface area contributed by atoms with Crippen LogP contribution in [-0.2, 0) is 4.79 Å². The SMILES string of the molecule is COc1ccccc1N1CCN(CC(=O)Nc2ccccc2C(=O)NC2CC2)CC1. The number of piperazine rings is 1. The van der Waals surface area contributed by atoms with Gasteiger partial charge in [0.1, 0.15) is 5.75 Å². The van der Waals surface area contributed by atoms with Crippen LogP contribution in [0.4, 0.5) is 11.4 Å². The Morgan fingerprint density at radius 3 is 2.43 bits per heavy atom. The Morgan fingerprint density at radius 1 is 1.00 bits per heavy atom. The second-order valence-electron chi connectivity index (χ2n) is 7.78. The van der Waals surface area contributed by atoms with Crippen LogP contribution >= 0.6 is 0 Å². The molecule has 158 valence electrons. The summed E-state index contributed by atoms with van der Waals surface area (Å²) in [7, 11) is 1.68. The highest BCUT2D eigenvalue weighted by atomic mass is 16.5. The van der Waals surface area contributed by atoms with Gasteiger partial charge in [-0.15, -0.1) is 0 Å². The second kappa shape index (κ2) is 9.17. The van der Waals surface area contributed by atoms with Crippen molar-refractivity contribution >= 4 is 23.2 Å². The van der Waals surface area contributed by atoms with Gasteiger partial charge in [-0.05, 0) is 37.1 Å². The molecule has 1 heterocycles. The van der Waals surface area contributed by atoms with Crippen LogP contribution < -0.4 is 20.3 Å². The molecule has 2 aromatic rings. The number of carbonyl (C=O) groups is 2. The molecule has 2 fully saturated rings. The van der Waals surface area contributed by atoms with E-state index in [1.807, 2.05) is 30.3 Å². The molecule has 7 nitrogen and oxygen atoms in total. The van der Waals surface area contributed by atoms with Crippen molar-refractivity contribution in [2.24, 2.45) is 0 Å². The van der Waals surface area contributed by atoms with Crippen molar-refractivity contribution in [3.63, 3.8) is 0 Å². The fourth-order valence-electron chi connectivity index (χ4n) is 3.71. The van der Waals surface area contributed by atoms with E-state index in [1.165, 1.54) is 0 Å². The highest BCUT2D eigenvalue weighted by Crippen LogP contribution is 2.28. The van der Waals surface area contributed by atoms with E-state index in [0.717, 1.165) is 50.5 Å². The molecule has 0 unspecified atom stereocenters. The summed E-state index contributed by atoms with van der Waals surface area (Å²) in [4.78, 5) is 29.5. The maximum atomic E-state index is 12.6. The van der Waals surface area contributed by atoms with E-state index in [0.29, 0.717) is 17.8 Å². The Balaban J connectivity index is 1.31. The maximum Gasteiger partial charge on any atom is 0.253 e. The molecule has 7 heteroatoms. The number of amides is 2. The van der Waals surface area contributed by atoms with Gasteiger partial charge in [0.2, 0.25) is 5.91 Å². The third-order valence-electron chi connectivity index (χ3n) is 5.52. The molecule has 30 heavy (non-hydrogen) atoms. The zero-order valence-electron chi connectivity index (χ0n) is 17.3. The largest absolute Gasteiger partial charge is 0.495 e. The molecule has 2 N–H and O–H groups in total. The highest BCUT2D eigenvalue weighted by molar-refractivity contribution is 6.04. The molecule has 1 aliphatic heterocycles. The van der Waals surface area contributed by atoms with Crippen molar-refractivity contribution in [1.82, 2.24) is 10.2 Å². The number of ether oxygens (including phenoxy) is 1. The monoisotopic (exact) mass is 408 g/mol. The van der Waals surface area contributed by atoms with Gasteiger partial charge >= 0.3 is 0 Å². The lowest BCUT2D eigenvalue weighted by Gasteiger charge is -2.36.